The van der Waals surface area contributed by atoms with Crippen LogP contribution in [0.2, 0.25) is 0 Å². The minimum Gasteiger partial charge on any atom is -0.457 e. The maximum atomic E-state index is 5.92. The van der Waals surface area contributed by atoms with Crippen LogP contribution in [0.15, 0.2) is 42.7 Å². The van der Waals surface area contributed by atoms with E-state index in [1.807, 2.05) is 36.5 Å². The van der Waals surface area contributed by atoms with Crippen molar-refractivity contribution in [1.29, 1.82) is 0 Å². The highest BCUT2D eigenvalue weighted by atomic mass is 127. The average Bonchev–Trinajstić information content (AvgIpc) is 2.75. The first-order chi connectivity index (χ1) is 8.74. The number of hydrogen-bond donors (Lipinski definition) is 1. The number of aromatic nitrogens is 2. The van der Waals surface area contributed by atoms with Crippen LogP contribution in [-0.4, -0.2) is 17.8 Å². The van der Waals surface area contributed by atoms with Gasteiger partial charge in [0.15, 0.2) is 0 Å². The molecular weight excluding hydrogens is 338 g/mol. The Morgan fingerprint density at radius 3 is 2.72 bits per heavy atom. The molecule has 0 amide bonds. The van der Waals surface area contributed by atoms with E-state index in [4.69, 9.17) is 4.74 Å². The zero-order chi connectivity index (χ0) is 12.5. The van der Waals surface area contributed by atoms with Crippen LogP contribution >= 0.6 is 22.6 Å². The number of ether oxygens (including phenoxy) is 1. The van der Waals surface area contributed by atoms with E-state index in [0.717, 1.165) is 26.1 Å². The molecule has 18 heavy (non-hydrogen) atoms. The molecule has 0 radical (unpaired) electrons. The second kappa shape index (κ2) is 4.64. The smallest absolute Gasteiger partial charge is 0.142 e. The largest absolute Gasteiger partial charge is 0.457 e. The van der Waals surface area contributed by atoms with Crippen molar-refractivity contribution in [2.75, 3.05) is 0 Å². The summed E-state index contributed by atoms with van der Waals surface area (Å²) in [5, 5.41) is 1.03. The van der Waals surface area contributed by atoms with Crippen LogP contribution in [0.5, 0.6) is 11.5 Å². The number of nitrogens with one attached hydrogen (secondary N) is 1. The predicted molar refractivity (Wildman–Crippen MR) is 83.5 cm³/mol. The van der Waals surface area contributed by atoms with Gasteiger partial charge in [0.05, 0.1) is 5.39 Å². The molecule has 0 aliphatic rings. The lowest BCUT2D eigenvalue weighted by atomic mass is 9.97. The number of fused-ring (bicyclic) bond motifs is 1. The lowest BCUT2D eigenvalue weighted by Crippen LogP contribution is -1.99. The fourth-order valence-corrected chi connectivity index (χ4v) is 2.48. The van der Waals surface area contributed by atoms with Gasteiger partial charge >= 0.3 is 0 Å². The first kappa shape index (κ1) is 11.6. The summed E-state index contributed by atoms with van der Waals surface area (Å²) in [6.07, 6.45) is 3.68. The van der Waals surface area contributed by atoms with E-state index in [2.05, 4.69) is 40.4 Å². The second-order valence-electron chi connectivity index (χ2n) is 4.08. The standard InChI is InChI=1S/C13H10BIN2O/c14-8-1-3-9(4-2-8)18-11-5-6-16-13-12(11)10(15)7-17-13/h1-7H,14H2,(H,16,17). The van der Waals surface area contributed by atoms with Gasteiger partial charge < -0.3 is 9.72 Å². The third-order valence-corrected chi connectivity index (χ3v) is 3.59. The normalized spacial score (nSPS) is 10.7. The predicted octanol–water partition coefficient (Wildman–Crippen LogP) is 2.22. The summed E-state index contributed by atoms with van der Waals surface area (Å²) in [6.45, 7) is 0. The molecule has 5 heteroatoms. The third kappa shape index (κ3) is 2.10. The molecule has 3 rings (SSSR count). The molecule has 0 saturated carbocycles. The van der Waals surface area contributed by atoms with E-state index in [1.54, 1.807) is 6.20 Å². The molecule has 2 heterocycles. The van der Waals surface area contributed by atoms with Crippen molar-refractivity contribution in [3.8, 4) is 11.5 Å². The van der Waals surface area contributed by atoms with Crippen LogP contribution in [0, 0.1) is 3.57 Å². The van der Waals surface area contributed by atoms with Gasteiger partial charge in [0, 0.05) is 16.0 Å². The monoisotopic (exact) mass is 348 g/mol. The van der Waals surface area contributed by atoms with Gasteiger partial charge in [0.25, 0.3) is 0 Å². The van der Waals surface area contributed by atoms with Gasteiger partial charge in [-0.1, -0.05) is 17.6 Å². The lowest BCUT2D eigenvalue weighted by Gasteiger charge is -2.07. The minimum atomic E-state index is 0.828. The molecule has 1 N–H and O–H groups in total. The van der Waals surface area contributed by atoms with E-state index >= 15 is 0 Å². The van der Waals surface area contributed by atoms with Gasteiger partial charge in [-0.3, -0.25) is 0 Å². The van der Waals surface area contributed by atoms with Crippen LogP contribution < -0.4 is 10.2 Å². The van der Waals surface area contributed by atoms with E-state index in [9.17, 15) is 0 Å². The SMILES string of the molecule is Bc1ccc(Oc2ccnc3[nH]cc(I)c23)cc1. The van der Waals surface area contributed by atoms with Crippen molar-refractivity contribution in [1.82, 2.24) is 9.97 Å². The molecule has 0 saturated heterocycles. The van der Waals surface area contributed by atoms with Crippen LogP contribution in [0.3, 0.4) is 0 Å². The Bertz CT molecular complexity index is 694. The van der Waals surface area contributed by atoms with Crippen molar-refractivity contribution in [2.45, 2.75) is 0 Å². The zero-order valence-electron chi connectivity index (χ0n) is 9.77. The molecule has 0 fully saturated rings. The number of rotatable bonds is 2. The van der Waals surface area contributed by atoms with Crippen LogP contribution in [0.1, 0.15) is 0 Å². The number of aromatic amines is 1. The molecular formula is C13H10BIN2O. The number of halogens is 1. The Labute approximate surface area is 119 Å². The van der Waals surface area contributed by atoms with Gasteiger partial charge in [0.2, 0.25) is 0 Å². The number of hydrogen-bond acceptors (Lipinski definition) is 2. The molecule has 88 valence electrons. The van der Waals surface area contributed by atoms with E-state index in [-0.39, 0.29) is 0 Å². The maximum absolute atomic E-state index is 5.92. The average molecular weight is 348 g/mol. The Hall–Kier alpha value is -1.50. The van der Waals surface area contributed by atoms with E-state index in [0.29, 0.717) is 0 Å². The third-order valence-electron chi connectivity index (χ3n) is 2.74. The topological polar surface area (TPSA) is 37.9 Å². The van der Waals surface area contributed by atoms with Gasteiger partial charge in [-0.2, -0.15) is 0 Å². The first-order valence-electron chi connectivity index (χ1n) is 5.60. The molecule has 3 nitrogen and oxygen atoms in total. The summed E-state index contributed by atoms with van der Waals surface area (Å²) in [5.41, 5.74) is 2.07. The summed E-state index contributed by atoms with van der Waals surface area (Å²) in [4.78, 5) is 7.40. The van der Waals surface area contributed by atoms with E-state index in [1.165, 1.54) is 5.46 Å². The molecule has 0 spiro atoms. The summed E-state index contributed by atoms with van der Waals surface area (Å²) in [6, 6.07) is 9.91. The van der Waals surface area contributed by atoms with E-state index < -0.39 is 0 Å². The Morgan fingerprint density at radius 2 is 1.94 bits per heavy atom. The van der Waals surface area contributed by atoms with Crippen molar-refractivity contribution in [3.63, 3.8) is 0 Å². The van der Waals surface area contributed by atoms with Crippen molar-refractivity contribution >= 4 is 46.9 Å². The Balaban J connectivity index is 2.04. The van der Waals surface area contributed by atoms with Crippen LogP contribution in [-0.2, 0) is 0 Å². The molecule has 0 atom stereocenters. The minimum absolute atomic E-state index is 0.828. The molecule has 0 bridgehead atoms. The summed E-state index contributed by atoms with van der Waals surface area (Å²) in [7, 11) is 2.06. The van der Waals surface area contributed by atoms with Gasteiger partial charge in [-0.25, -0.2) is 4.98 Å². The zero-order valence-corrected chi connectivity index (χ0v) is 11.9. The summed E-state index contributed by atoms with van der Waals surface area (Å²) >= 11 is 2.28. The maximum Gasteiger partial charge on any atom is 0.142 e. The highest BCUT2D eigenvalue weighted by Crippen LogP contribution is 2.31. The van der Waals surface area contributed by atoms with Gasteiger partial charge in [-0.05, 0) is 40.8 Å². The van der Waals surface area contributed by atoms with Crippen molar-refractivity contribution in [3.05, 3.63) is 46.3 Å². The fraction of sp³-hybridized carbons (Fsp3) is 0. The number of nitrogens with zero attached hydrogens (tertiary/aromatic N) is 1. The fourth-order valence-electron chi connectivity index (χ4n) is 1.81. The lowest BCUT2D eigenvalue weighted by molar-refractivity contribution is 0.488. The summed E-state index contributed by atoms with van der Waals surface area (Å²) in [5.74, 6) is 1.67. The van der Waals surface area contributed by atoms with Crippen LogP contribution in [0.4, 0.5) is 0 Å². The molecule has 2 aromatic heterocycles. The number of H-pyrrole nitrogens is 1. The Kier molecular flexibility index (Phi) is 2.99. The molecule has 0 unspecified atom stereocenters. The molecule has 3 aromatic rings. The molecule has 1 aromatic carbocycles. The number of benzene rings is 1. The molecule has 0 aliphatic heterocycles. The first-order valence-corrected chi connectivity index (χ1v) is 6.68. The number of pyridine rings is 1. The second-order valence-corrected chi connectivity index (χ2v) is 5.25. The molecule has 0 aliphatic carbocycles. The summed E-state index contributed by atoms with van der Waals surface area (Å²) < 4.78 is 7.03. The van der Waals surface area contributed by atoms with Gasteiger partial charge in [-0.15, -0.1) is 0 Å². The van der Waals surface area contributed by atoms with Gasteiger partial charge in [0.1, 0.15) is 25.0 Å². The Morgan fingerprint density at radius 1 is 1.17 bits per heavy atom. The van der Waals surface area contributed by atoms with Crippen LogP contribution in [0.25, 0.3) is 11.0 Å². The van der Waals surface area contributed by atoms with Crippen molar-refractivity contribution < 1.29 is 4.74 Å². The highest BCUT2D eigenvalue weighted by Gasteiger charge is 2.09. The van der Waals surface area contributed by atoms with Crippen molar-refractivity contribution in [2.24, 2.45) is 0 Å². The quantitative estimate of drug-likeness (QED) is 0.570. The highest BCUT2D eigenvalue weighted by molar-refractivity contribution is 14.1.